The van der Waals surface area contributed by atoms with Gasteiger partial charge in [0.2, 0.25) is 5.89 Å². The minimum atomic E-state index is -0.589. The fraction of sp³-hybridized carbons (Fsp3) is 0.0476. The number of nitro benzene ring substituents is 1. The maximum absolute atomic E-state index is 13.4. The van der Waals surface area contributed by atoms with Gasteiger partial charge in [-0.25, -0.2) is 9.37 Å². The SMILES string of the molecule is COc1cc([N+](=O)[O-])cc(C=Nc2ccc3oc(-c4cccc(F)c4)nc3c2)c1O. The van der Waals surface area contributed by atoms with E-state index in [2.05, 4.69) is 9.98 Å². The Hall–Kier alpha value is -4.27. The molecule has 4 aromatic rings. The maximum Gasteiger partial charge on any atom is 0.274 e. The Labute approximate surface area is 169 Å². The number of non-ortho nitro benzene ring substituents is 1. The maximum atomic E-state index is 13.4. The first-order valence-electron chi connectivity index (χ1n) is 8.70. The molecule has 0 unspecified atom stereocenters. The second kappa shape index (κ2) is 7.63. The van der Waals surface area contributed by atoms with E-state index in [9.17, 15) is 19.6 Å². The van der Waals surface area contributed by atoms with Gasteiger partial charge in [0.25, 0.3) is 5.69 Å². The third-order valence-corrected chi connectivity index (χ3v) is 4.32. The highest BCUT2D eigenvalue weighted by atomic mass is 19.1. The highest BCUT2D eigenvalue weighted by Crippen LogP contribution is 2.34. The van der Waals surface area contributed by atoms with Gasteiger partial charge in [0.05, 0.1) is 23.8 Å². The number of oxazole rings is 1. The summed E-state index contributed by atoms with van der Waals surface area (Å²) in [6, 6.07) is 13.2. The first kappa shape index (κ1) is 19.1. The highest BCUT2D eigenvalue weighted by molar-refractivity contribution is 5.89. The average Bonchev–Trinajstić information content (AvgIpc) is 3.16. The van der Waals surface area contributed by atoms with Crippen molar-refractivity contribution in [3.8, 4) is 23.0 Å². The van der Waals surface area contributed by atoms with Gasteiger partial charge in [-0.3, -0.25) is 15.1 Å². The second-order valence-electron chi connectivity index (χ2n) is 6.28. The van der Waals surface area contributed by atoms with Crippen LogP contribution in [0.2, 0.25) is 0 Å². The number of halogens is 1. The lowest BCUT2D eigenvalue weighted by atomic mass is 10.1. The van der Waals surface area contributed by atoms with E-state index in [0.717, 1.165) is 6.07 Å². The number of aromatic nitrogens is 1. The number of aliphatic imine (C=N–C) groups is 1. The average molecular weight is 407 g/mol. The number of rotatable bonds is 5. The van der Waals surface area contributed by atoms with Crippen LogP contribution in [0.5, 0.6) is 11.5 Å². The third kappa shape index (κ3) is 3.68. The van der Waals surface area contributed by atoms with Crippen LogP contribution in [-0.2, 0) is 0 Å². The molecule has 0 aliphatic carbocycles. The molecule has 0 saturated heterocycles. The number of ether oxygens (including phenoxy) is 1. The molecule has 4 rings (SSSR count). The Morgan fingerprint density at radius 2 is 2.07 bits per heavy atom. The molecule has 0 aliphatic rings. The van der Waals surface area contributed by atoms with Crippen LogP contribution in [0.3, 0.4) is 0 Å². The van der Waals surface area contributed by atoms with Gasteiger partial charge in [0.1, 0.15) is 11.3 Å². The predicted molar refractivity (Wildman–Crippen MR) is 108 cm³/mol. The topological polar surface area (TPSA) is 111 Å². The summed E-state index contributed by atoms with van der Waals surface area (Å²) in [5.74, 6) is -0.418. The van der Waals surface area contributed by atoms with E-state index in [4.69, 9.17) is 9.15 Å². The van der Waals surface area contributed by atoms with Crippen molar-refractivity contribution < 1.29 is 23.6 Å². The summed E-state index contributed by atoms with van der Waals surface area (Å²) < 4.78 is 24.1. The summed E-state index contributed by atoms with van der Waals surface area (Å²) in [5.41, 5.74) is 1.87. The molecule has 0 bridgehead atoms. The molecule has 0 fully saturated rings. The molecule has 0 spiro atoms. The lowest BCUT2D eigenvalue weighted by molar-refractivity contribution is -0.385. The van der Waals surface area contributed by atoms with E-state index in [1.165, 1.54) is 31.5 Å². The molecule has 8 nitrogen and oxygen atoms in total. The van der Waals surface area contributed by atoms with Gasteiger partial charge in [-0.1, -0.05) is 6.07 Å². The highest BCUT2D eigenvalue weighted by Gasteiger charge is 2.16. The van der Waals surface area contributed by atoms with E-state index in [1.54, 1.807) is 30.3 Å². The monoisotopic (exact) mass is 407 g/mol. The number of fused-ring (bicyclic) bond motifs is 1. The minimum absolute atomic E-state index is 0.0302. The van der Waals surface area contributed by atoms with Crippen LogP contribution >= 0.6 is 0 Å². The molecule has 0 amide bonds. The van der Waals surface area contributed by atoms with Gasteiger partial charge in [0.15, 0.2) is 17.1 Å². The van der Waals surface area contributed by atoms with Crippen LogP contribution in [0.1, 0.15) is 5.56 Å². The fourth-order valence-corrected chi connectivity index (χ4v) is 2.86. The summed E-state index contributed by atoms with van der Waals surface area (Å²) in [4.78, 5) is 19.1. The summed E-state index contributed by atoms with van der Waals surface area (Å²) >= 11 is 0. The van der Waals surface area contributed by atoms with Gasteiger partial charge in [-0.05, 0) is 36.4 Å². The molecule has 150 valence electrons. The van der Waals surface area contributed by atoms with Crippen LogP contribution < -0.4 is 4.74 Å². The van der Waals surface area contributed by atoms with E-state index in [0.29, 0.717) is 22.4 Å². The molecule has 0 aliphatic heterocycles. The molecule has 30 heavy (non-hydrogen) atoms. The Morgan fingerprint density at radius 1 is 1.23 bits per heavy atom. The van der Waals surface area contributed by atoms with Crippen LogP contribution in [0.4, 0.5) is 15.8 Å². The van der Waals surface area contributed by atoms with Gasteiger partial charge >= 0.3 is 0 Å². The first-order valence-corrected chi connectivity index (χ1v) is 8.70. The summed E-state index contributed by atoms with van der Waals surface area (Å²) in [6.45, 7) is 0. The molecular formula is C21H14FN3O5. The van der Waals surface area contributed by atoms with Crippen LogP contribution in [0.15, 0.2) is 64.0 Å². The predicted octanol–water partition coefficient (Wildman–Crippen LogP) is 5.01. The molecule has 1 heterocycles. The number of aromatic hydroxyl groups is 1. The Kier molecular flexibility index (Phi) is 4.85. The van der Waals surface area contributed by atoms with Crippen molar-refractivity contribution in [2.75, 3.05) is 7.11 Å². The second-order valence-corrected chi connectivity index (χ2v) is 6.28. The van der Waals surface area contributed by atoms with Crippen molar-refractivity contribution in [3.63, 3.8) is 0 Å². The number of phenolic OH excluding ortho intramolecular Hbond substituents is 1. The molecule has 0 atom stereocenters. The van der Waals surface area contributed by atoms with Crippen molar-refractivity contribution in [1.82, 2.24) is 4.98 Å². The minimum Gasteiger partial charge on any atom is -0.504 e. The Morgan fingerprint density at radius 3 is 2.80 bits per heavy atom. The first-order chi connectivity index (χ1) is 14.4. The normalized spacial score (nSPS) is 11.3. The van der Waals surface area contributed by atoms with Gasteiger partial charge in [-0.2, -0.15) is 0 Å². The number of methoxy groups -OCH3 is 1. The number of nitrogens with zero attached hydrogens (tertiary/aromatic N) is 3. The number of phenols is 1. The Balaban J connectivity index is 1.68. The molecule has 1 aromatic heterocycles. The zero-order valence-electron chi connectivity index (χ0n) is 15.6. The van der Waals surface area contributed by atoms with Crippen LogP contribution in [0.25, 0.3) is 22.6 Å². The smallest absolute Gasteiger partial charge is 0.274 e. The van der Waals surface area contributed by atoms with Crippen molar-refractivity contribution in [2.24, 2.45) is 4.99 Å². The quantitative estimate of drug-likeness (QED) is 0.283. The van der Waals surface area contributed by atoms with Gasteiger partial charge in [-0.15, -0.1) is 0 Å². The van der Waals surface area contributed by atoms with E-state index in [1.807, 2.05) is 0 Å². The summed E-state index contributed by atoms with van der Waals surface area (Å²) in [6.07, 6.45) is 1.29. The number of hydrogen-bond acceptors (Lipinski definition) is 7. The zero-order valence-corrected chi connectivity index (χ0v) is 15.6. The molecular weight excluding hydrogens is 393 g/mol. The standard InChI is InChI=1S/C21H14FN3O5/c1-29-19-10-16(25(27)28)8-13(20(19)26)11-23-15-5-6-18-17(9-15)24-21(30-18)12-3-2-4-14(22)7-12/h2-11,26H,1H3. The molecule has 1 N–H and O–H groups in total. The summed E-state index contributed by atoms with van der Waals surface area (Å²) in [7, 11) is 1.30. The molecule has 9 heteroatoms. The van der Waals surface area contributed by atoms with Crippen molar-refractivity contribution in [3.05, 3.63) is 76.1 Å². The molecule has 0 radical (unpaired) electrons. The Bertz CT molecular complexity index is 1300. The number of benzene rings is 3. The van der Waals surface area contributed by atoms with Gasteiger partial charge < -0.3 is 14.3 Å². The number of hydrogen-bond donors (Lipinski definition) is 1. The van der Waals surface area contributed by atoms with E-state index in [-0.39, 0.29) is 28.6 Å². The lowest BCUT2D eigenvalue weighted by Crippen LogP contribution is -1.94. The number of nitro groups is 1. The fourth-order valence-electron chi connectivity index (χ4n) is 2.86. The molecule has 0 saturated carbocycles. The van der Waals surface area contributed by atoms with Crippen molar-refractivity contribution in [2.45, 2.75) is 0 Å². The lowest BCUT2D eigenvalue weighted by Gasteiger charge is -2.05. The van der Waals surface area contributed by atoms with E-state index < -0.39 is 10.7 Å². The van der Waals surface area contributed by atoms with Crippen LogP contribution in [0, 0.1) is 15.9 Å². The largest absolute Gasteiger partial charge is 0.504 e. The van der Waals surface area contributed by atoms with Gasteiger partial charge in [0, 0.05) is 23.4 Å². The van der Waals surface area contributed by atoms with Crippen molar-refractivity contribution >= 4 is 28.7 Å². The third-order valence-electron chi connectivity index (χ3n) is 4.32. The van der Waals surface area contributed by atoms with Crippen molar-refractivity contribution in [1.29, 1.82) is 0 Å². The van der Waals surface area contributed by atoms with Crippen LogP contribution in [-0.4, -0.2) is 28.3 Å². The summed E-state index contributed by atoms with van der Waals surface area (Å²) in [5, 5.41) is 21.3. The zero-order chi connectivity index (χ0) is 21.3. The van der Waals surface area contributed by atoms with E-state index >= 15 is 0 Å². The molecule has 3 aromatic carbocycles.